The Hall–Kier alpha value is -0.280. The summed E-state index contributed by atoms with van der Waals surface area (Å²) in [6, 6.07) is 5.41. The molecule has 1 unspecified atom stereocenters. The second-order valence-electron chi connectivity index (χ2n) is 4.74. The minimum absolute atomic E-state index is 0.577. The van der Waals surface area contributed by atoms with Crippen LogP contribution < -0.4 is 5.32 Å². The molecule has 2 rings (SSSR count). The highest BCUT2D eigenvalue weighted by Gasteiger charge is 2.28. The van der Waals surface area contributed by atoms with Crippen molar-refractivity contribution in [1.82, 2.24) is 5.32 Å². The fourth-order valence-electron chi connectivity index (χ4n) is 2.32. The molecule has 1 aromatic carbocycles. The summed E-state index contributed by atoms with van der Waals surface area (Å²) in [5, 5.41) is 15.2. The van der Waals surface area contributed by atoms with Crippen molar-refractivity contribution in [2.45, 2.75) is 31.3 Å². The number of hydrogen-bond donors (Lipinski definition) is 2. The lowest BCUT2D eigenvalue weighted by molar-refractivity contribution is 0.0285. The van der Waals surface area contributed by atoms with Crippen molar-refractivity contribution in [2.24, 2.45) is 0 Å². The average Bonchev–Trinajstić information content (AvgIpc) is 2.49. The number of rotatable bonds is 2. The summed E-state index contributed by atoms with van der Waals surface area (Å²) in [6.45, 7) is 1.83. The molecule has 0 radical (unpaired) electrons. The van der Waals surface area contributed by atoms with Crippen LogP contribution in [0, 0.1) is 0 Å². The first-order chi connectivity index (χ1) is 8.09. The predicted molar refractivity (Wildman–Crippen MR) is 71.8 cm³/mol. The van der Waals surface area contributed by atoms with E-state index in [1.807, 2.05) is 6.07 Å². The minimum Gasteiger partial charge on any atom is -0.389 e. The van der Waals surface area contributed by atoms with Gasteiger partial charge in [-0.15, -0.1) is 0 Å². The van der Waals surface area contributed by atoms with Gasteiger partial charge in [0.15, 0.2) is 0 Å². The largest absolute Gasteiger partial charge is 0.389 e. The van der Waals surface area contributed by atoms with Crippen LogP contribution in [-0.2, 0) is 6.42 Å². The maximum Gasteiger partial charge on any atom is 0.0701 e. The molecule has 0 saturated carbocycles. The zero-order chi connectivity index (χ0) is 12.3. The molecule has 1 heterocycles. The Bertz CT molecular complexity index is 387. The van der Waals surface area contributed by atoms with Crippen molar-refractivity contribution < 1.29 is 5.11 Å². The Morgan fingerprint density at radius 2 is 2.06 bits per heavy atom. The van der Waals surface area contributed by atoms with Crippen LogP contribution in [0.3, 0.4) is 0 Å². The van der Waals surface area contributed by atoms with Gasteiger partial charge >= 0.3 is 0 Å². The third-order valence-corrected chi connectivity index (χ3v) is 3.89. The molecule has 1 aromatic rings. The van der Waals surface area contributed by atoms with Gasteiger partial charge < -0.3 is 10.4 Å². The smallest absolute Gasteiger partial charge is 0.0701 e. The molecule has 17 heavy (non-hydrogen) atoms. The van der Waals surface area contributed by atoms with Gasteiger partial charge in [-0.2, -0.15) is 0 Å². The van der Waals surface area contributed by atoms with Crippen LogP contribution in [-0.4, -0.2) is 23.8 Å². The molecular formula is C13H17Cl2NO. The van der Waals surface area contributed by atoms with Gasteiger partial charge in [-0.05, 0) is 56.1 Å². The van der Waals surface area contributed by atoms with Crippen molar-refractivity contribution in [3.05, 3.63) is 33.8 Å². The van der Waals surface area contributed by atoms with E-state index >= 15 is 0 Å². The predicted octanol–water partition coefficient (Wildman–Crippen LogP) is 3.04. The molecule has 4 heteroatoms. The SMILES string of the molecule is OC1(Cc2cc(Cl)ccc2Cl)CCCNCC1. The van der Waals surface area contributed by atoms with Crippen LogP contribution in [0.4, 0.5) is 0 Å². The molecule has 2 nitrogen and oxygen atoms in total. The molecule has 0 aliphatic carbocycles. The fourth-order valence-corrected chi connectivity index (χ4v) is 2.70. The minimum atomic E-state index is -0.655. The summed E-state index contributed by atoms with van der Waals surface area (Å²) in [7, 11) is 0. The van der Waals surface area contributed by atoms with E-state index in [1.165, 1.54) is 0 Å². The maximum atomic E-state index is 10.6. The summed E-state index contributed by atoms with van der Waals surface area (Å²) in [6.07, 6.45) is 3.14. The molecule has 0 bridgehead atoms. The van der Waals surface area contributed by atoms with Crippen molar-refractivity contribution >= 4 is 23.2 Å². The highest BCUT2D eigenvalue weighted by Crippen LogP contribution is 2.29. The molecule has 1 aliphatic heterocycles. The Morgan fingerprint density at radius 1 is 1.24 bits per heavy atom. The van der Waals surface area contributed by atoms with Crippen molar-refractivity contribution in [3.63, 3.8) is 0 Å². The first-order valence-electron chi connectivity index (χ1n) is 5.96. The summed E-state index contributed by atoms with van der Waals surface area (Å²) in [4.78, 5) is 0. The number of aliphatic hydroxyl groups is 1. The first kappa shape index (κ1) is 13.2. The Balaban J connectivity index is 2.15. The summed E-state index contributed by atoms with van der Waals surface area (Å²) in [5.74, 6) is 0. The molecule has 94 valence electrons. The van der Waals surface area contributed by atoms with E-state index in [0.717, 1.165) is 37.9 Å². The van der Waals surface area contributed by atoms with Gasteiger partial charge in [-0.3, -0.25) is 0 Å². The Kier molecular flexibility index (Phi) is 4.31. The monoisotopic (exact) mass is 273 g/mol. The van der Waals surface area contributed by atoms with Crippen LogP contribution in [0.25, 0.3) is 0 Å². The van der Waals surface area contributed by atoms with Gasteiger partial charge in [-0.25, -0.2) is 0 Å². The van der Waals surface area contributed by atoms with E-state index in [9.17, 15) is 5.11 Å². The van der Waals surface area contributed by atoms with Crippen LogP contribution >= 0.6 is 23.2 Å². The lowest BCUT2D eigenvalue weighted by Crippen LogP contribution is -2.32. The van der Waals surface area contributed by atoms with Gasteiger partial charge in [0.2, 0.25) is 0 Å². The standard InChI is InChI=1S/C13H17Cl2NO/c14-11-2-3-12(15)10(8-11)9-13(17)4-1-6-16-7-5-13/h2-3,8,16-17H,1,4-7,9H2. The number of hydrogen-bond acceptors (Lipinski definition) is 2. The highest BCUT2D eigenvalue weighted by molar-refractivity contribution is 6.33. The first-order valence-corrected chi connectivity index (χ1v) is 6.72. The fraction of sp³-hybridized carbons (Fsp3) is 0.538. The van der Waals surface area contributed by atoms with Crippen molar-refractivity contribution in [1.29, 1.82) is 0 Å². The van der Waals surface area contributed by atoms with E-state index in [2.05, 4.69) is 5.32 Å². The maximum absolute atomic E-state index is 10.6. The zero-order valence-corrected chi connectivity index (χ0v) is 11.2. The van der Waals surface area contributed by atoms with Crippen LogP contribution in [0.1, 0.15) is 24.8 Å². The van der Waals surface area contributed by atoms with Gasteiger partial charge in [-0.1, -0.05) is 23.2 Å². The van der Waals surface area contributed by atoms with Crippen LogP contribution in [0.5, 0.6) is 0 Å². The van der Waals surface area contributed by atoms with E-state index in [0.29, 0.717) is 16.5 Å². The lowest BCUT2D eigenvalue weighted by atomic mass is 9.88. The van der Waals surface area contributed by atoms with Crippen molar-refractivity contribution in [2.75, 3.05) is 13.1 Å². The second-order valence-corrected chi connectivity index (χ2v) is 5.58. The molecule has 1 fully saturated rings. The van der Waals surface area contributed by atoms with Crippen LogP contribution in [0.15, 0.2) is 18.2 Å². The molecule has 1 aliphatic rings. The molecule has 0 aromatic heterocycles. The molecule has 0 amide bonds. The lowest BCUT2D eigenvalue weighted by Gasteiger charge is -2.26. The summed E-state index contributed by atoms with van der Waals surface area (Å²) in [5.41, 5.74) is 0.279. The zero-order valence-electron chi connectivity index (χ0n) is 9.68. The summed E-state index contributed by atoms with van der Waals surface area (Å²) < 4.78 is 0. The van der Waals surface area contributed by atoms with E-state index in [4.69, 9.17) is 23.2 Å². The van der Waals surface area contributed by atoms with E-state index < -0.39 is 5.60 Å². The number of benzene rings is 1. The molecule has 1 saturated heterocycles. The quantitative estimate of drug-likeness (QED) is 0.868. The Labute approximate surface area is 112 Å². The molecular weight excluding hydrogens is 257 g/mol. The third kappa shape index (κ3) is 3.59. The van der Waals surface area contributed by atoms with E-state index in [1.54, 1.807) is 12.1 Å². The van der Waals surface area contributed by atoms with Crippen molar-refractivity contribution in [3.8, 4) is 0 Å². The molecule has 1 atom stereocenters. The molecule has 2 N–H and O–H groups in total. The summed E-state index contributed by atoms with van der Waals surface area (Å²) >= 11 is 12.1. The molecule has 0 spiro atoms. The second kappa shape index (κ2) is 5.57. The number of halogens is 2. The van der Waals surface area contributed by atoms with Gasteiger partial charge in [0, 0.05) is 16.5 Å². The normalized spacial score (nSPS) is 25.6. The highest BCUT2D eigenvalue weighted by atomic mass is 35.5. The third-order valence-electron chi connectivity index (χ3n) is 3.29. The average molecular weight is 274 g/mol. The van der Waals surface area contributed by atoms with Crippen LogP contribution in [0.2, 0.25) is 10.0 Å². The Morgan fingerprint density at radius 3 is 2.88 bits per heavy atom. The topological polar surface area (TPSA) is 32.3 Å². The van der Waals surface area contributed by atoms with Gasteiger partial charge in [0.1, 0.15) is 0 Å². The van der Waals surface area contributed by atoms with Gasteiger partial charge in [0.25, 0.3) is 0 Å². The van der Waals surface area contributed by atoms with Gasteiger partial charge in [0.05, 0.1) is 5.60 Å². The number of nitrogens with one attached hydrogen (secondary N) is 1. The van der Waals surface area contributed by atoms with E-state index in [-0.39, 0.29) is 0 Å².